The van der Waals surface area contributed by atoms with Crippen LogP contribution in [0.2, 0.25) is 0 Å². The van der Waals surface area contributed by atoms with Crippen LogP contribution in [0.4, 0.5) is 11.4 Å². The molecule has 0 spiro atoms. The molecule has 15 rings (SSSR count). The van der Waals surface area contributed by atoms with Crippen LogP contribution in [0.5, 0.6) is 0 Å². The average molecular weight is 871 g/mol. The summed E-state index contributed by atoms with van der Waals surface area (Å²) in [7, 11) is 0. The summed E-state index contributed by atoms with van der Waals surface area (Å²) in [6.07, 6.45) is 2.40. The van der Waals surface area contributed by atoms with Crippen LogP contribution in [0.15, 0.2) is 142 Å². The largest absolute Gasteiger partial charge is 0.456 e. The van der Waals surface area contributed by atoms with Crippen LogP contribution >= 0.6 is 11.3 Å². The van der Waals surface area contributed by atoms with Crippen LogP contribution in [0.3, 0.4) is 0 Å². The van der Waals surface area contributed by atoms with E-state index in [0.717, 1.165) is 55.1 Å². The van der Waals surface area contributed by atoms with E-state index in [4.69, 9.17) is 8.83 Å². The topological polar surface area (TPSA) is 34.5 Å². The molecule has 2 aliphatic heterocycles. The van der Waals surface area contributed by atoms with Gasteiger partial charge in [-0.1, -0.05) is 115 Å². The molecular weight excluding hydrogens is 824 g/mol. The van der Waals surface area contributed by atoms with Gasteiger partial charge in [0, 0.05) is 87.2 Å². The molecule has 1 aliphatic carbocycles. The molecule has 0 saturated carbocycles. The number of anilines is 2. The summed E-state index contributed by atoms with van der Waals surface area (Å²) >= 11 is 1.96. The van der Waals surface area contributed by atoms with E-state index in [-0.39, 0.29) is 23.1 Å². The Kier molecular flexibility index (Phi) is 6.91. The first-order valence-electron chi connectivity index (χ1n) is 23.6. The minimum atomic E-state index is -0.125. The lowest BCUT2D eigenvalue weighted by Gasteiger charge is -2.42. The van der Waals surface area contributed by atoms with Crippen molar-refractivity contribution >= 4 is 126 Å². The molecule has 318 valence electrons. The zero-order valence-corrected chi connectivity index (χ0v) is 39.1. The van der Waals surface area contributed by atoms with Crippen molar-refractivity contribution in [3.05, 3.63) is 150 Å². The third kappa shape index (κ3) is 4.75. The fourth-order valence-corrected chi connectivity index (χ4v) is 13.7. The van der Waals surface area contributed by atoms with E-state index in [1.165, 1.54) is 99.4 Å². The molecule has 0 N–H and O–H groups in total. The molecule has 0 atom stereocenters. The van der Waals surface area contributed by atoms with Crippen molar-refractivity contribution in [1.82, 2.24) is 4.57 Å². The van der Waals surface area contributed by atoms with Gasteiger partial charge in [-0.05, 0) is 117 Å². The SMILES string of the molecule is CC(C)(C)c1ccc(N2B3c4cc5c(cc4-n4c6cc7oc8ccccc8c7cc6c6ccc(c3c64)-c3cc4sc6cc7c(cc6c4cc32)C(C)(C)CCC7(C)C)oc2ccccc25)cc1. The highest BCUT2D eigenvalue weighted by molar-refractivity contribution is 7.25. The minimum absolute atomic E-state index is 0.0250. The van der Waals surface area contributed by atoms with E-state index in [2.05, 4.69) is 191 Å². The first-order valence-corrected chi connectivity index (χ1v) is 24.5. The van der Waals surface area contributed by atoms with E-state index < -0.39 is 0 Å². The van der Waals surface area contributed by atoms with Crippen molar-refractivity contribution < 1.29 is 8.83 Å². The predicted octanol–water partition coefficient (Wildman–Crippen LogP) is 15.8. The van der Waals surface area contributed by atoms with E-state index >= 15 is 0 Å². The average Bonchev–Trinajstić information content (AvgIpc) is 4.05. The molecule has 3 aliphatic rings. The number of fused-ring (bicyclic) bond motifs is 18. The predicted molar refractivity (Wildman–Crippen MR) is 281 cm³/mol. The van der Waals surface area contributed by atoms with Crippen molar-refractivity contribution in [3.8, 4) is 16.8 Å². The fraction of sp³-hybridized carbons (Fsp3) is 0.200. The molecule has 8 aromatic carbocycles. The van der Waals surface area contributed by atoms with Gasteiger partial charge in [-0.15, -0.1) is 11.3 Å². The van der Waals surface area contributed by atoms with Crippen LogP contribution in [0, 0.1) is 0 Å². The van der Waals surface area contributed by atoms with Crippen LogP contribution in [0.1, 0.15) is 78.0 Å². The van der Waals surface area contributed by atoms with E-state index in [1.54, 1.807) is 0 Å². The number of thiophene rings is 1. The van der Waals surface area contributed by atoms with Crippen LogP contribution in [0.25, 0.3) is 103 Å². The number of rotatable bonds is 1. The molecule has 6 heteroatoms. The third-order valence-corrected chi connectivity index (χ3v) is 17.3. The Morgan fingerprint density at radius 3 is 1.88 bits per heavy atom. The Morgan fingerprint density at radius 2 is 1.17 bits per heavy atom. The molecule has 66 heavy (non-hydrogen) atoms. The van der Waals surface area contributed by atoms with Crippen LogP contribution in [-0.2, 0) is 16.2 Å². The molecular formula is C60H47BN2O2S. The summed E-state index contributed by atoms with van der Waals surface area (Å²) in [5, 5.41) is 9.76. The minimum Gasteiger partial charge on any atom is -0.456 e. The zero-order valence-electron chi connectivity index (χ0n) is 38.3. The highest BCUT2D eigenvalue weighted by Gasteiger charge is 2.45. The molecule has 6 heterocycles. The molecule has 0 unspecified atom stereocenters. The number of nitrogens with zero attached hydrogens (tertiary/aromatic N) is 2. The Hall–Kier alpha value is -6.76. The summed E-state index contributed by atoms with van der Waals surface area (Å²) in [5.41, 5.74) is 19.4. The zero-order chi connectivity index (χ0) is 44.3. The van der Waals surface area contributed by atoms with Gasteiger partial charge in [-0.25, -0.2) is 0 Å². The van der Waals surface area contributed by atoms with Gasteiger partial charge in [-0.2, -0.15) is 0 Å². The fourth-order valence-electron chi connectivity index (χ4n) is 12.6. The van der Waals surface area contributed by atoms with Crippen molar-refractivity contribution in [2.75, 3.05) is 4.81 Å². The van der Waals surface area contributed by atoms with Gasteiger partial charge < -0.3 is 18.2 Å². The number of hydrogen-bond acceptors (Lipinski definition) is 4. The summed E-state index contributed by atoms with van der Waals surface area (Å²) in [6, 6.07) is 50.9. The van der Waals surface area contributed by atoms with Crippen LogP contribution < -0.4 is 15.7 Å². The van der Waals surface area contributed by atoms with Gasteiger partial charge in [0.25, 0.3) is 0 Å². The second kappa shape index (κ2) is 12.2. The van der Waals surface area contributed by atoms with Gasteiger partial charge in [0.1, 0.15) is 22.3 Å². The highest BCUT2D eigenvalue weighted by Crippen LogP contribution is 2.53. The maximum Gasteiger partial charge on any atom is 0.333 e. The molecule has 0 saturated heterocycles. The standard InChI is InChI=1S/C60H47BN2O2S/c1-58(2,3)32-16-18-33(19-17-32)63-48-27-43-42-25-44-45(60(6,7)23-22-59(44,4)5)29-55(42)66-54(43)28-39(48)36-20-21-37-38-24-40-34-12-8-10-14-50(34)64-52(40)30-47(38)62-49-31-53-41(35-13-9-11-15-51(35)65-53)26-46(49)61(63)56(36)57(37)62/h8-21,24-31H,22-23H2,1-7H3. The van der Waals surface area contributed by atoms with Crippen molar-refractivity contribution in [1.29, 1.82) is 0 Å². The normalized spacial score (nSPS) is 16.2. The van der Waals surface area contributed by atoms with Gasteiger partial charge in [0.05, 0.1) is 11.0 Å². The quantitative estimate of drug-likeness (QED) is 0.154. The number of hydrogen-bond donors (Lipinski definition) is 0. The van der Waals surface area contributed by atoms with Crippen molar-refractivity contribution in [3.63, 3.8) is 0 Å². The van der Waals surface area contributed by atoms with Gasteiger partial charge in [-0.3, -0.25) is 0 Å². The maximum atomic E-state index is 6.72. The molecule has 12 aromatic rings. The van der Waals surface area contributed by atoms with Crippen molar-refractivity contribution in [2.45, 2.75) is 77.6 Å². The van der Waals surface area contributed by atoms with Gasteiger partial charge >= 0.3 is 6.85 Å². The van der Waals surface area contributed by atoms with Crippen LogP contribution in [-0.4, -0.2) is 11.4 Å². The summed E-state index contributed by atoms with van der Waals surface area (Å²) < 4.78 is 18.6. The first-order chi connectivity index (χ1) is 31.8. The Balaban J connectivity index is 1.10. The molecule has 0 amide bonds. The summed E-state index contributed by atoms with van der Waals surface area (Å²) in [5.74, 6) is 0. The Labute approximate surface area is 387 Å². The third-order valence-electron chi connectivity index (χ3n) is 16.2. The molecule has 0 bridgehead atoms. The van der Waals surface area contributed by atoms with Gasteiger partial charge in [0.2, 0.25) is 0 Å². The van der Waals surface area contributed by atoms with E-state index in [0.29, 0.717) is 0 Å². The lowest BCUT2D eigenvalue weighted by Crippen LogP contribution is -2.60. The molecule has 4 aromatic heterocycles. The lowest BCUT2D eigenvalue weighted by molar-refractivity contribution is 0.332. The van der Waals surface area contributed by atoms with Crippen molar-refractivity contribution in [2.24, 2.45) is 0 Å². The first kappa shape index (κ1) is 37.5. The lowest BCUT2D eigenvalue weighted by atomic mass is 9.44. The second-order valence-electron chi connectivity index (χ2n) is 21.9. The van der Waals surface area contributed by atoms with E-state index in [9.17, 15) is 0 Å². The number of furan rings is 2. The van der Waals surface area contributed by atoms with E-state index in [1.807, 2.05) is 11.3 Å². The summed E-state index contributed by atoms with van der Waals surface area (Å²) in [4.78, 5) is 2.69. The summed E-state index contributed by atoms with van der Waals surface area (Å²) in [6.45, 7) is 16.6. The Bertz CT molecular complexity index is 4170. The number of benzene rings is 8. The maximum absolute atomic E-state index is 6.72. The molecule has 0 radical (unpaired) electrons. The molecule has 0 fully saturated rings. The highest BCUT2D eigenvalue weighted by atomic mass is 32.1. The smallest absolute Gasteiger partial charge is 0.333 e. The molecule has 4 nitrogen and oxygen atoms in total. The number of para-hydroxylation sites is 2. The number of aromatic nitrogens is 1. The second-order valence-corrected chi connectivity index (χ2v) is 23.0. The Morgan fingerprint density at radius 1 is 0.530 bits per heavy atom. The monoisotopic (exact) mass is 870 g/mol. The van der Waals surface area contributed by atoms with Gasteiger partial charge in [0.15, 0.2) is 0 Å².